The van der Waals surface area contributed by atoms with E-state index in [-0.39, 0.29) is 22.3 Å². The smallest absolute Gasteiger partial charge is 0.377 e. The van der Waals surface area contributed by atoms with Crippen LogP contribution in [0.25, 0.3) is 0 Å². The Balaban J connectivity index is 0.000000512. The van der Waals surface area contributed by atoms with Crippen molar-refractivity contribution in [1.29, 1.82) is 0 Å². The van der Waals surface area contributed by atoms with Crippen LogP contribution in [0.2, 0.25) is 0 Å². The van der Waals surface area contributed by atoms with Gasteiger partial charge in [-0.1, -0.05) is 97.0 Å². The predicted octanol–water partition coefficient (Wildman–Crippen LogP) is 5.17. The maximum atomic E-state index is 10.7. The van der Waals surface area contributed by atoms with Gasteiger partial charge in [-0.2, -0.15) is 0 Å². The molecule has 2 aromatic carbocycles. The SMILES string of the molecule is CCC(C(O)C(C)(C)C)C(O)C(C)(C)C.O=C(O)C(=O)c1ccccc1.O=C(O)c1ccccc1. The Morgan fingerprint density at radius 2 is 1.03 bits per heavy atom. The zero-order valence-corrected chi connectivity index (χ0v) is 21.7. The van der Waals surface area contributed by atoms with Crippen molar-refractivity contribution in [3.05, 3.63) is 71.8 Å². The number of aliphatic carboxylic acids is 1. The molecule has 0 bridgehead atoms. The highest BCUT2D eigenvalue weighted by Crippen LogP contribution is 2.35. The van der Waals surface area contributed by atoms with Gasteiger partial charge in [0.25, 0.3) is 5.78 Å². The van der Waals surface area contributed by atoms with Crippen molar-refractivity contribution in [3.8, 4) is 0 Å². The van der Waals surface area contributed by atoms with Crippen LogP contribution in [0, 0.1) is 16.7 Å². The molecule has 0 heterocycles. The first kappa shape index (κ1) is 32.0. The number of carbonyl (C=O) groups excluding carboxylic acids is 1. The van der Waals surface area contributed by atoms with Crippen molar-refractivity contribution in [3.63, 3.8) is 0 Å². The lowest BCUT2D eigenvalue weighted by Gasteiger charge is -2.40. The van der Waals surface area contributed by atoms with Crippen molar-refractivity contribution in [2.45, 2.75) is 67.1 Å². The van der Waals surface area contributed by atoms with Crippen LogP contribution < -0.4 is 0 Å². The Labute approximate surface area is 208 Å². The number of aliphatic hydroxyl groups is 2. The molecule has 7 nitrogen and oxygen atoms in total. The van der Waals surface area contributed by atoms with Crippen LogP contribution in [-0.4, -0.2) is 50.4 Å². The first-order chi connectivity index (χ1) is 16.0. The lowest BCUT2D eigenvalue weighted by molar-refractivity contribution is -0.131. The standard InChI is InChI=1S/C13H28O2.C8H6O3.C7H6O2/c1-8-9(10(14)12(2,3)4)11(15)13(5,6)7;9-7(8(10)11)6-4-2-1-3-5-6;8-7(9)6-4-2-1-3-5-6/h9-11,14-15H,8H2,1-7H3;1-5H,(H,10,11);1-5H,(H,8,9). The van der Waals surface area contributed by atoms with Gasteiger partial charge in [0.05, 0.1) is 17.8 Å². The largest absolute Gasteiger partial charge is 0.478 e. The average Bonchev–Trinajstić information content (AvgIpc) is 2.79. The van der Waals surface area contributed by atoms with Gasteiger partial charge in [0.2, 0.25) is 0 Å². The highest BCUT2D eigenvalue weighted by atomic mass is 16.4. The summed E-state index contributed by atoms with van der Waals surface area (Å²) in [6.07, 6.45) is -0.120. The molecular formula is C28H40O7. The molecule has 2 unspecified atom stereocenters. The van der Waals surface area contributed by atoms with Gasteiger partial charge in [0.1, 0.15) is 0 Å². The molecule has 0 aliphatic rings. The number of ketones is 1. The summed E-state index contributed by atoms with van der Waals surface area (Å²) < 4.78 is 0. The van der Waals surface area contributed by atoms with E-state index < -0.39 is 29.9 Å². The minimum Gasteiger partial charge on any atom is -0.478 e. The van der Waals surface area contributed by atoms with Crippen LogP contribution >= 0.6 is 0 Å². The van der Waals surface area contributed by atoms with E-state index in [4.69, 9.17) is 10.2 Å². The highest BCUT2D eigenvalue weighted by Gasteiger charge is 2.38. The molecule has 0 fully saturated rings. The zero-order chi connectivity index (χ0) is 27.4. The molecule has 0 saturated heterocycles. The lowest BCUT2D eigenvalue weighted by atomic mass is 9.71. The monoisotopic (exact) mass is 488 g/mol. The van der Waals surface area contributed by atoms with Crippen LogP contribution in [0.3, 0.4) is 0 Å². The summed E-state index contributed by atoms with van der Waals surface area (Å²) in [6.45, 7) is 14.1. The molecule has 0 aromatic heterocycles. The Morgan fingerprint density at radius 3 is 1.26 bits per heavy atom. The summed E-state index contributed by atoms with van der Waals surface area (Å²) in [6, 6.07) is 16.2. The number of hydrogen-bond acceptors (Lipinski definition) is 5. The third-order valence-corrected chi connectivity index (χ3v) is 5.31. The van der Waals surface area contributed by atoms with E-state index in [2.05, 4.69) is 0 Å². The highest BCUT2D eigenvalue weighted by molar-refractivity contribution is 6.39. The molecule has 35 heavy (non-hydrogen) atoms. The summed E-state index contributed by atoms with van der Waals surface area (Å²) in [5.41, 5.74) is 0.192. The maximum absolute atomic E-state index is 10.7. The fourth-order valence-electron chi connectivity index (χ4n) is 3.20. The number of hydrogen-bond donors (Lipinski definition) is 4. The van der Waals surface area contributed by atoms with Gasteiger partial charge < -0.3 is 20.4 Å². The van der Waals surface area contributed by atoms with E-state index in [9.17, 15) is 24.6 Å². The molecule has 4 N–H and O–H groups in total. The molecule has 194 valence electrons. The minimum absolute atomic E-state index is 0.0509. The number of aromatic carboxylic acids is 1. The van der Waals surface area contributed by atoms with E-state index in [1.54, 1.807) is 48.5 Å². The molecular weight excluding hydrogens is 448 g/mol. The number of rotatable bonds is 6. The molecule has 0 saturated carbocycles. The predicted molar refractivity (Wildman–Crippen MR) is 137 cm³/mol. The normalized spacial score (nSPS) is 13.6. The molecule has 0 aliphatic heterocycles. The van der Waals surface area contributed by atoms with E-state index in [0.717, 1.165) is 6.42 Å². The van der Waals surface area contributed by atoms with Crippen molar-refractivity contribution < 1.29 is 34.8 Å². The second-order valence-electron chi connectivity index (χ2n) is 10.4. The Bertz CT molecular complexity index is 890. The first-order valence-corrected chi connectivity index (χ1v) is 11.5. The third-order valence-electron chi connectivity index (χ3n) is 5.31. The Morgan fingerprint density at radius 1 is 0.686 bits per heavy atom. The van der Waals surface area contributed by atoms with Crippen LogP contribution in [0.1, 0.15) is 75.6 Å². The Hall–Kier alpha value is -3.03. The lowest BCUT2D eigenvalue weighted by Crippen LogP contribution is -2.45. The molecule has 2 rings (SSSR count). The average molecular weight is 489 g/mol. The van der Waals surface area contributed by atoms with Crippen molar-refractivity contribution in [1.82, 2.24) is 0 Å². The van der Waals surface area contributed by atoms with E-state index >= 15 is 0 Å². The van der Waals surface area contributed by atoms with E-state index in [1.807, 2.05) is 48.5 Å². The number of carboxylic acid groups (broad SMARTS) is 2. The van der Waals surface area contributed by atoms with Gasteiger partial charge in [-0.25, -0.2) is 9.59 Å². The zero-order valence-electron chi connectivity index (χ0n) is 21.7. The van der Waals surface area contributed by atoms with E-state index in [0.29, 0.717) is 5.56 Å². The molecule has 2 aromatic rings. The fraction of sp³-hybridized carbons (Fsp3) is 0.464. The van der Waals surface area contributed by atoms with Gasteiger partial charge >= 0.3 is 11.9 Å². The van der Waals surface area contributed by atoms with Crippen LogP contribution in [0.4, 0.5) is 0 Å². The summed E-state index contributed by atoms with van der Waals surface area (Å²) in [4.78, 5) is 31.1. The summed E-state index contributed by atoms with van der Waals surface area (Å²) in [5.74, 6) is -3.22. The number of aliphatic hydroxyl groups excluding tert-OH is 2. The molecule has 2 atom stereocenters. The second-order valence-corrected chi connectivity index (χ2v) is 10.4. The summed E-state index contributed by atoms with van der Waals surface area (Å²) in [7, 11) is 0. The van der Waals surface area contributed by atoms with Gasteiger partial charge in [-0.05, 0) is 29.4 Å². The van der Waals surface area contributed by atoms with E-state index in [1.165, 1.54) is 12.1 Å². The summed E-state index contributed by atoms with van der Waals surface area (Å²) in [5, 5.41) is 37.1. The number of carbonyl (C=O) groups is 3. The quantitative estimate of drug-likeness (QED) is 0.326. The van der Waals surface area contributed by atoms with Crippen LogP contribution in [0.5, 0.6) is 0 Å². The number of benzene rings is 2. The second kappa shape index (κ2) is 14.4. The first-order valence-electron chi connectivity index (χ1n) is 11.5. The molecule has 0 aliphatic carbocycles. The van der Waals surface area contributed by atoms with Crippen molar-refractivity contribution in [2.24, 2.45) is 16.7 Å². The molecule has 0 radical (unpaired) electrons. The van der Waals surface area contributed by atoms with Crippen molar-refractivity contribution in [2.75, 3.05) is 0 Å². The number of Topliss-reactive ketones (excluding diaryl/α,β-unsaturated/α-hetero) is 1. The fourth-order valence-corrected chi connectivity index (χ4v) is 3.20. The number of carboxylic acids is 2. The van der Waals surface area contributed by atoms with Gasteiger partial charge in [0.15, 0.2) is 0 Å². The van der Waals surface area contributed by atoms with Gasteiger partial charge in [-0.3, -0.25) is 4.79 Å². The summed E-state index contributed by atoms with van der Waals surface area (Å²) >= 11 is 0. The van der Waals surface area contributed by atoms with Crippen LogP contribution in [0.15, 0.2) is 60.7 Å². The van der Waals surface area contributed by atoms with Crippen molar-refractivity contribution >= 4 is 17.7 Å². The van der Waals surface area contributed by atoms with Crippen LogP contribution in [-0.2, 0) is 4.79 Å². The Kier molecular flexibility index (Phi) is 13.1. The van der Waals surface area contributed by atoms with Gasteiger partial charge in [0, 0.05) is 11.5 Å². The minimum atomic E-state index is -1.42. The topological polar surface area (TPSA) is 132 Å². The third kappa shape index (κ3) is 11.8. The molecule has 0 spiro atoms. The maximum Gasteiger partial charge on any atom is 0.377 e. The molecule has 0 amide bonds. The molecule has 7 heteroatoms. The van der Waals surface area contributed by atoms with Gasteiger partial charge in [-0.15, -0.1) is 0 Å².